The summed E-state index contributed by atoms with van der Waals surface area (Å²) in [6.07, 6.45) is 2.66. The number of benzene rings is 2. The number of halogens is 3. The van der Waals surface area contributed by atoms with Crippen LogP contribution in [0, 0.1) is 6.92 Å². The van der Waals surface area contributed by atoms with Crippen LogP contribution >= 0.6 is 0 Å². The van der Waals surface area contributed by atoms with Gasteiger partial charge in [0.2, 0.25) is 5.95 Å². The van der Waals surface area contributed by atoms with Gasteiger partial charge >= 0.3 is 6.18 Å². The Balaban J connectivity index is 1.32. The maximum atomic E-state index is 14.1. The molecule has 0 amide bonds. The van der Waals surface area contributed by atoms with E-state index in [2.05, 4.69) is 30.2 Å². The number of likely N-dealkylation sites (N-methyl/N-ethyl adjacent to an activating group) is 1. The number of nitrogens with one attached hydrogen (secondary N) is 1. The molecule has 3 heterocycles. The SMILES string of the molecule is Cc1ccc(CC(=O)c2ccc(CN3CC[C@H](N(C)C)C3)c(C(F)(F)F)c2)cc1Nc1nccc(-c2cncnc2)n1. The average Bonchev–Trinajstić information content (AvgIpc) is 3.44. The summed E-state index contributed by atoms with van der Waals surface area (Å²) in [5.41, 5.74) is 3.09. The molecule has 0 aliphatic carbocycles. The Bertz CT molecular complexity index is 1560. The molecule has 1 atom stereocenters. The van der Waals surface area contributed by atoms with E-state index < -0.39 is 17.5 Å². The Kier molecular flexibility index (Phi) is 8.60. The van der Waals surface area contributed by atoms with Gasteiger partial charge in [-0.2, -0.15) is 13.2 Å². The summed E-state index contributed by atoms with van der Waals surface area (Å²) in [6, 6.07) is 11.5. The highest BCUT2D eigenvalue weighted by molar-refractivity contribution is 5.98. The van der Waals surface area contributed by atoms with Gasteiger partial charge in [0.05, 0.1) is 11.3 Å². The zero-order valence-corrected chi connectivity index (χ0v) is 23.7. The molecule has 11 heteroatoms. The summed E-state index contributed by atoms with van der Waals surface area (Å²) in [5, 5.41) is 3.19. The molecule has 1 N–H and O–H groups in total. The minimum Gasteiger partial charge on any atom is -0.324 e. The van der Waals surface area contributed by atoms with Crippen molar-refractivity contribution in [3.8, 4) is 11.3 Å². The van der Waals surface area contributed by atoms with Gasteiger partial charge < -0.3 is 10.2 Å². The van der Waals surface area contributed by atoms with E-state index in [-0.39, 0.29) is 24.1 Å². The first-order valence-electron chi connectivity index (χ1n) is 13.6. The molecule has 5 rings (SSSR count). The quantitative estimate of drug-likeness (QED) is 0.260. The number of carbonyl (C=O) groups is 1. The highest BCUT2D eigenvalue weighted by Gasteiger charge is 2.35. The Morgan fingerprint density at radius 1 is 1.10 bits per heavy atom. The Hall–Kier alpha value is -4.22. The standard InChI is InChI=1S/C31H32F3N7O/c1-20-4-5-21(12-28(20)39-30-37-10-8-27(38-30)24-15-35-19-36-16-24)13-29(42)22-6-7-23(26(14-22)31(32,33)34)17-41-11-9-25(18-41)40(2)3/h4-8,10,12,14-16,19,25H,9,11,13,17-18H2,1-3H3,(H,37,38,39)/t25-/m0/s1. The van der Waals surface area contributed by atoms with Crippen molar-refractivity contribution in [2.45, 2.75) is 38.5 Å². The largest absolute Gasteiger partial charge is 0.416 e. The van der Waals surface area contributed by atoms with Crippen LogP contribution in [-0.4, -0.2) is 68.7 Å². The molecule has 8 nitrogen and oxygen atoms in total. The number of rotatable bonds is 9. The number of carbonyl (C=O) groups excluding carboxylic acids is 1. The molecule has 0 spiro atoms. The maximum absolute atomic E-state index is 14.1. The van der Waals surface area contributed by atoms with Crippen molar-refractivity contribution < 1.29 is 18.0 Å². The first-order valence-corrected chi connectivity index (χ1v) is 13.6. The first-order chi connectivity index (χ1) is 20.1. The third kappa shape index (κ3) is 6.97. The van der Waals surface area contributed by atoms with Crippen molar-refractivity contribution >= 4 is 17.4 Å². The van der Waals surface area contributed by atoms with E-state index in [1.807, 2.05) is 32.0 Å². The lowest BCUT2D eigenvalue weighted by Crippen LogP contribution is -2.31. The van der Waals surface area contributed by atoms with Gasteiger partial charge in [-0.05, 0) is 62.3 Å². The van der Waals surface area contributed by atoms with Crippen LogP contribution in [0.15, 0.2) is 67.4 Å². The summed E-state index contributed by atoms with van der Waals surface area (Å²) in [7, 11) is 3.96. The van der Waals surface area contributed by atoms with Gasteiger partial charge in [0.15, 0.2) is 5.78 Å². The minimum atomic E-state index is -4.56. The van der Waals surface area contributed by atoms with E-state index in [1.165, 1.54) is 18.5 Å². The van der Waals surface area contributed by atoms with E-state index >= 15 is 0 Å². The predicted octanol–water partition coefficient (Wildman–Crippen LogP) is 5.57. The molecule has 2 aromatic heterocycles. The minimum absolute atomic E-state index is 0.0369. The fourth-order valence-electron chi connectivity index (χ4n) is 5.10. The average molecular weight is 576 g/mol. The monoisotopic (exact) mass is 575 g/mol. The second-order valence-electron chi connectivity index (χ2n) is 10.8. The predicted molar refractivity (Wildman–Crippen MR) is 154 cm³/mol. The van der Waals surface area contributed by atoms with Gasteiger partial charge in [-0.1, -0.05) is 24.3 Å². The highest BCUT2D eigenvalue weighted by Crippen LogP contribution is 2.34. The fraction of sp³-hybridized carbons (Fsp3) is 0.323. The number of aromatic nitrogens is 4. The lowest BCUT2D eigenvalue weighted by atomic mass is 9.97. The lowest BCUT2D eigenvalue weighted by Gasteiger charge is -2.22. The molecule has 1 aliphatic rings. The molecule has 1 fully saturated rings. The summed E-state index contributed by atoms with van der Waals surface area (Å²) in [4.78, 5) is 34.2. The van der Waals surface area contributed by atoms with Crippen molar-refractivity contribution in [3.05, 3.63) is 95.2 Å². The maximum Gasteiger partial charge on any atom is 0.416 e. The van der Waals surface area contributed by atoms with E-state index in [0.29, 0.717) is 35.5 Å². The molecule has 1 saturated heterocycles. The fourth-order valence-corrected chi connectivity index (χ4v) is 5.10. The van der Waals surface area contributed by atoms with Crippen molar-refractivity contribution in [1.29, 1.82) is 0 Å². The topological polar surface area (TPSA) is 87.1 Å². The molecule has 218 valence electrons. The molecule has 4 aromatic rings. The van der Waals surface area contributed by atoms with Crippen molar-refractivity contribution in [2.24, 2.45) is 0 Å². The molecule has 1 aliphatic heterocycles. The van der Waals surface area contributed by atoms with Gasteiger partial charge in [0.1, 0.15) is 6.33 Å². The van der Waals surface area contributed by atoms with Crippen LogP contribution in [0.4, 0.5) is 24.8 Å². The number of likely N-dealkylation sites (tertiary alicyclic amines) is 1. The van der Waals surface area contributed by atoms with Crippen LogP contribution < -0.4 is 5.32 Å². The number of Topliss-reactive ketones (excluding diaryl/α,β-unsaturated/α-hetero) is 1. The van der Waals surface area contributed by atoms with Gasteiger partial charge in [-0.25, -0.2) is 19.9 Å². The second-order valence-corrected chi connectivity index (χ2v) is 10.8. The highest BCUT2D eigenvalue weighted by atomic mass is 19.4. The second kappa shape index (κ2) is 12.3. The summed E-state index contributed by atoms with van der Waals surface area (Å²) in [5.74, 6) is -0.0405. The molecule has 0 radical (unpaired) electrons. The zero-order valence-electron chi connectivity index (χ0n) is 23.7. The summed E-state index contributed by atoms with van der Waals surface area (Å²) >= 11 is 0. The Morgan fingerprint density at radius 2 is 1.88 bits per heavy atom. The van der Waals surface area contributed by atoms with Crippen LogP contribution in [0.2, 0.25) is 0 Å². The van der Waals surface area contributed by atoms with Gasteiger partial charge in [-0.15, -0.1) is 0 Å². The lowest BCUT2D eigenvalue weighted by molar-refractivity contribution is -0.138. The van der Waals surface area contributed by atoms with Crippen LogP contribution in [0.3, 0.4) is 0 Å². The van der Waals surface area contributed by atoms with Crippen molar-refractivity contribution in [1.82, 2.24) is 29.7 Å². The zero-order chi connectivity index (χ0) is 29.9. The number of hydrogen-bond donors (Lipinski definition) is 1. The Morgan fingerprint density at radius 3 is 2.60 bits per heavy atom. The van der Waals surface area contributed by atoms with E-state index in [1.54, 1.807) is 36.8 Å². The normalized spacial score (nSPS) is 15.7. The summed E-state index contributed by atoms with van der Waals surface area (Å²) < 4.78 is 42.2. The van der Waals surface area contributed by atoms with Gasteiger partial charge in [-0.3, -0.25) is 9.69 Å². The van der Waals surface area contributed by atoms with Gasteiger partial charge in [0.25, 0.3) is 0 Å². The Labute approximate surface area is 242 Å². The molecule has 2 aromatic carbocycles. The third-order valence-corrected chi connectivity index (χ3v) is 7.53. The van der Waals surface area contributed by atoms with Crippen LogP contribution in [-0.2, 0) is 19.1 Å². The molecule has 0 unspecified atom stereocenters. The van der Waals surface area contributed by atoms with Crippen molar-refractivity contribution in [2.75, 3.05) is 32.5 Å². The first kappa shape index (κ1) is 29.3. The number of ketones is 1. The van der Waals surface area contributed by atoms with E-state index in [0.717, 1.165) is 30.2 Å². The number of anilines is 2. The molecule has 42 heavy (non-hydrogen) atoms. The smallest absolute Gasteiger partial charge is 0.324 e. The van der Waals surface area contributed by atoms with E-state index in [4.69, 9.17) is 0 Å². The van der Waals surface area contributed by atoms with E-state index in [9.17, 15) is 18.0 Å². The third-order valence-electron chi connectivity index (χ3n) is 7.53. The number of hydrogen-bond acceptors (Lipinski definition) is 8. The van der Waals surface area contributed by atoms with Crippen LogP contribution in [0.1, 0.15) is 39.0 Å². The van der Waals surface area contributed by atoms with Gasteiger partial charge in [0, 0.05) is 67.5 Å². The van der Waals surface area contributed by atoms with Crippen molar-refractivity contribution in [3.63, 3.8) is 0 Å². The number of alkyl halides is 3. The van der Waals surface area contributed by atoms with Crippen LogP contribution in [0.25, 0.3) is 11.3 Å². The number of nitrogens with zero attached hydrogens (tertiary/aromatic N) is 6. The summed E-state index contributed by atoms with van der Waals surface area (Å²) in [6.45, 7) is 3.55. The molecular formula is C31H32F3N7O. The number of aryl methyl sites for hydroxylation is 1. The molecular weight excluding hydrogens is 543 g/mol. The van der Waals surface area contributed by atoms with Crippen LogP contribution in [0.5, 0.6) is 0 Å². The molecule has 0 saturated carbocycles. The molecule has 0 bridgehead atoms.